The number of carbonyl (C=O) groups excluding carboxylic acids is 2. The Hall–Kier alpha value is -0.860. The zero-order valence-electron chi connectivity index (χ0n) is 9.19. The number of aliphatic hydroxyl groups excluding tert-OH is 4. The van der Waals surface area contributed by atoms with Gasteiger partial charge in [0.25, 0.3) is 0 Å². The molecule has 0 aromatic rings. The van der Waals surface area contributed by atoms with E-state index in [-0.39, 0.29) is 5.92 Å². The fourth-order valence-electron chi connectivity index (χ4n) is 1.41. The SMILES string of the molecule is N[C@H](C(=O)C(=O)C1CC1)[C@@H](O)[C@H](O)[C@H](O)CO. The first kappa shape index (κ1) is 14.2. The van der Waals surface area contributed by atoms with Gasteiger partial charge in [-0.3, -0.25) is 9.59 Å². The van der Waals surface area contributed by atoms with Gasteiger partial charge in [0, 0.05) is 5.92 Å². The van der Waals surface area contributed by atoms with Crippen LogP contribution in [0.15, 0.2) is 0 Å². The molecule has 0 amide bonds. The van der Waals surface area contributed by atoms with Gasteiger partial charge in [-0.15, -0.1) is 0 Å². The Morgan fingerprint density at radius 2 is 1.71 bits per heavy atom. The van der Waals surface area contributed by atoms with E-state index >= 15 is 0 Å². The number of carbonyl (C=O) groups is 2. The van der Waals surface area contributed by atoms with Crippen LogP contribution in [-0.4, -0.2) is 63.0 Å². The van der Waals surface area contributed by atoms with Gasteiger partial charge in [0.05, 0.1) is 6.61 Å². The van der Waals surface area contributed by atoms with Crippen LogP contribution in [0.25, 0.3) is 0 Å². The first-order valence-electron chi connectivity index (χ1n) is 5.38. The van der Waals surface area contributed by atoms with E-state index < -0.39 is 42.5 Å². The van der Waals surface area contributed by atoms with Crippen molar-refractivity contribution in [1.29, 1.82) is 0 Å². The molecule has 0 radical (unpaired) electrons. The van der Waals surface area contributed by atoms with Gasteiger partial charge in [-0.05, 0) is 12.8 Å². The number of rotatable bonds is 7. The Morgan fingerprint density at radius 1 is 1.18 bits per heavy atom. The predicted octanol–water partition coefficient (Wildman–Crippen LogP) is -3.06. The van der Waals surface area contributed by atoms with Gasteiger partial charge in [-0.2, -0.15) is 0 Å². The monoisotopic (exact) mass is 247 g/mol. The lowest BCUT2D eigenvalue weighted by Gasteiger charge is -2.25. The third kappa shape index (κ3) is 3.30. The van der Waals surface area contributed by atoms with Gasteiger partial charge in [-0.1, -0.05) is 0 Å². The standard InChI is InChI=1S/C10H17NO6/c11-6(9(16)7(14)4-1-2-4)10(17)8(15)5(13)3-12/h4-6,8,10,12-13,15,17H,1-3,11H2/t5-,6-,8-,10-/m1/s1. The lowest BCUT2D eigenvalue weighted by atomic mass is 9.95. The third-order valence-corrected chi connectivity index (χ3v) is 2.79. The van der Waals surface area contributed by atoms with E-state index in [0.29, 0.717) is 12.8 Å². The molecule has 1 aliphatic rings. The molecule has 98 valence electrons. The van der Waals surface area contributed by atoms with E-state index in [1.165, 1.54) is 0 Å². The minimum atomic E-state index is -1.78. The van der Waals surface area contributed by atoms with Crippen molar-refractivity contribution in [1.82, 2.24) is 0 Å². The van der Waals surface area contributed by atoms with E-state index in [9.17, 15) is 19.8 Å². The fraction of sp³-hybridized carbons (Fsp3) is 0.800. The molecule has 0 heterocycles. The quantitative estimate of drug-likeness (QED) is 0.301. The van der Waals surface area contributed by atoms with Crippen LogP contribution in [0.5, 0.6) is 0 Å². The molecule has 0 aromatic carbocycles. The predicted molar refractivity (Wildman–Crippen MR) is 55.8 cm³/mol. The van der Waals surface area contributed by atoms with Crippen LogP contribution in [0.4, 0.5) is 0 Å². The molecule has 1 fully saturated rings. The molecule has 0 unspecified atom stereocenters. The molecule has 7 nitrogen and oxygen atoms in total. The maximum absolute atomic E-state index is 11.5. The highest BCUT2D eigenvalue weighted by Crippen LogP contribution is 2.30. The number of Topliss-reactive ketones (excluding diaryl/α,β-unsaturated/α-hetero) is 2. The Morgan fingerprint density at radius 3 is 2.12 bits per heavy atom. The summed E-state index contributed by atoms with van der Waals surface area (Å²) in [7, 11) is 0. The normalized spacial score (nSPS) is 22.6. The van der Waals surface area contributed by atoms with Crippen LogP contribution >= 0.6 is 0 Å². The third-order valence-electron chi connectivity index (χ3n) is 2.79. The summed E-state index contributed by atoms with van der Waals surface area (Å²) in [5.41, 5.74) is 5.35. The molecule has 17 heavy (non-hydrogen) atoms. The molecule has 0 spiro atoms. The van der Waals surface area contributed by atoms with Gasteiger partial charge in [0.2, 0.25) is 11.6 Å². The highest BCUT2D eigenvalue weighted by atomic mass is 16.4. The van der Waals surface area contributed by atoms with Crippen molar-refractivity contribution in [2.45, 2.75) is 37.2 Å². The van der Waals surface area contributed by atoms with E-state index in [1.54, 1.807) is 0 Å². The Balaban J connectivity index is 2.58. The first-order valence-corrected chi connectivity index (χ1v) is 5.38. The fourth-order valence-corrected chi connectivity index (χ4v) is 1.41. The summed E-state index contributed by atoms with van der Waals surface area (Å²) < 4.78 is 0. The lowest BCUT2D eigenvalue weighted by molar-refractivity contribution is -0.142. The molecular formula is C10H17NO6. The molecule has 1 saturated carbocycles. The highest BCUT2D eigenvalue weighted by molar-refractivity contribution is 6.40. The van der Waals surface area contributed by atoms with Crippen molar-refractivity contribution in [3.63, 3.8) is 0 Å². The van der Waals surface area contributed by atoms with Gasteiger partial charge >= 0.3 is 0 Å². The van der Waals surface area contributed by atoms with Crippen molar-refractivity contribution >= 4 is 11.6 Å². The highest BCUT2D eigenvalue weighted by Gasteiger charge is 2.40. The second-order valence-corrected chi connectivity index (χ2v) is 4.26. The number of aliphatic hydroxyl groups is 4. The lowest BCUT2D eigenvalue weighted by Crippen LogP contribution is -2.54. The number of hydrogen-bond donors (Lipinski definition) is 5. The summed E-state index contributed by atoms with van der Waals surface area (Å²) in [6.45, 7) is -0.782. The molecule has 0 aromatic heterocycles. The zero-order chi connectivity index (χ0) is 13.2. The molecule has 0 saturated heterocycles. The summed E-state index contributed by atoms with van der Waals surface area (Å²) in [6.07, 6.45) is -3.90. The van der Waals surface area contributed by atoms with Gasteiger partial charge in [0.1, 0.15) is 24.4 Å². The molecule has 6 N–H and O–H groups in total. The zero-order valence-corrected chi connectivity index (χ0v) is 9.19. The van der Waals surface area contributed by atoms with Crippen molar-refractivity contribution < 1.29 is 30.0 Å². The average molecular weight is 247 g/mol. The van der Waals surface area contributed by atoms with Crippen molar-refractivity contribution in [3.8, 4) is 0 Å². The smallest absolute Gasteiger partial charge is 0.218 e. The molecule has 0 aliphatic heterocycles. The molecule has 1 rings (SSSR count). The van der Waals surface area contributed by atoms with Crippen molar-refractivity contribution in [2.75, 3.05) is 6.61 Å². The molecule has 4 atom stereocenters. The minimum absolute atomic E-state index is 0.319. The van der Waals surface area contributed by atoms with E-state index in [4.69, 9.17) is 15.9 Å². The molecule has 1 aliphatic carbocycles. The van der Waals surface area contributed by atoms with E-state index in [0.717, 1.165) is 0 Å². The maximum atomic E-state index is 11.5. The Bertz CT molecular complexity index is 303. The molecular weight excluding hydrogens is 230 g/mol. The van der Waals surface area contributed by atoms with Crippen LogP contribution in [0.3, 0.4) is 0 Å². The number of nitrogens with two attached hydrogens (primary N) is 1. The van der Waals surface area contributed by atoms with Crippen LogP contribution in [0.2, 0.25) is 0 Å². The number of hydrogen-bond acceptors (Lipinski definition) is 7. The summed E-state index contributed by atoms with van der Waals surface area (Å²) in [5.74, 6) is -1.92. The van der Waals surface area contributed by atoms with Crippen molar-refractivity contribution in [2.24, 2.45) is 11.7 Å². The van der Waals surface area contributed by atoms with E-state index in [2.05, 4.69) is 0 Å². The second-order valence-electron chi connectivity index (χ2n) is 4.26. The minimum Gasteiger partial charge on any atom is -0.394 e. The van der Waals surface area contributed by atoms with Gasteiger partial charge < -0.3 is 26.2 Å². The number of ketones is 2. The van der Waals surface area contributed by atoms with Crippen LogP contribution in [-0.2, 0) is 9.59 Å². The van der Waals surface area contributed by atoms with Crippen LogP contribution in [0, 0.1) is 5.92 Å². The summed E-state index contributed by atoms with van der Waals surface area (Å²) >= 11 is 0. The Labute approximate surface area is 97.9 Å². The van der Waals surface area contributed by atoms with Crippen LogP contribution < -0.4 is 5.73 Å². The topological polar surface area (TPSA) is 141 Å². The average Bonchev–Trinajstić information content (AvgIpc) is 3.17. The van der Waals surface area contributed by atoms with Gasteiger partial charge in [-0.25, -0.2) is 0 Å². The van der Waals surface area contributed by atoms with Crippen molar-refractivity contribution in [3.05, 3.63) is 0 Å². The van der Waals surface area contributed by atoms with E-state index in [1.807, 2.05) is 0 Å². The van der Waals surface area contributed by atoms with Gasteiger partial charge in [0.15, 0.2) is 0 Å². The maximum Gasteiger partial charge on any atom is 0.218 e. The summed E-state index contributed by atoms with van der Waals surface area (Å²) in [4.78, 5) is 22.9. The summed E-state index contributed by atoms with van der Waals surface area (Å²) in [5, 5.41) is 36.5. The molecule has 0 bridgehead atoms. The summed E-state index contributed by atoms with van der Waals surface area (Å²) in [6, 6.07) is -1.58. The van der Waals surface area contributed by atoms with Crippen LogP contribution in [0.1, 0.15) is 12.8 Å². The largest absolute Gasteiger partial charge is 0.394 e. The first-order chi connectivity index (χ1) is 7.90. The molecule has 7 heteroatoms. The Kier molecular flexibility index (Phi) is 4.72. The second kappa shape index (κ2) is 5.65.